The summed E-state index contributed by atoms with van der Waals surface area (Å²) in [6, 6.07) is 44.7. The van der Waals surface area contributed by atoms with Gasteiger partial charge in [0.25, 0.3) is 14.2 Å². The number of ether oxygens (including phenoxy) is 1. The molecule has 6 heteroatoms. The first-order chi connectivity index (χ1) is 23.2. The maximum atomic E-state index is 14.7. The summed E-state index contributed by atoms with van der Waals surface area (Å²) in [5.41, 5.74) is 3.58. The third-order valence-corrected chi connectivity index (χ3v) is 15.2. The zero-order chi connectivity index (χ0) is 33.9. The van der Waals surface area contributed by atoms with Gasteiger partial charge in [-0.3, -0.25) is 4.79 Å². The highest BCUT2D eigenvalue weighted by Crippen LogP contribution is 2.45. The largest absolute Gasteiger partial charge is 0.496 e. The summed E-state index contributed by atoms with van der Waals surface area (Å²) in [7, 11) is -1.16. The van der Waals surface area contributed by atoms with E-state index in [1.165, 1.54) is 10.4 Å². The number of rotatable bonds is 9. The number of amides is 1. The van der Waals surface area contributed by atoms with Crippen LogP contribution >= 0.6 is 11.6 Å². The van der Waals surface area contributed by atoms with Crippen LogP contribution in [0.5, 0.6) is 5.75 Å². The number of benzene rings is 5. The van der Waals surface area contributed by atoms with Crippen molar-refractivity contribution in [3.63, 3.8) is 0 Å². The van der Waals surface area contributed by atoms with E-state index in [2.05, 4.69) is 99.3 Å². The van der Waals surface area contributed by atoms with Gasteiger partial charge in [0.15, 0.2) is 0 Å². The number of para-hydroxylation sites is 1. The lowest BCUT2D eigenvalue weighted by Crippen LogP contribution is -2.67. The van der Waals surface area contributed by atoms with E-state index >= 15 is 0 Å². The molecule has 1 saturated heterocycles. The Hall–Kier alpha value is -4.16. The molecule has 3 atom stereocenters. The van der Waals surface area contributed by atoms with E-state index in [1.54, 1.807) is 7.11 Å². The van der Waals surface area contributed by atoms with E-state index in [9.17, 15) is 4.79 Å². The molecule has 1 aliphatic rings. The fourth-order valence-electron chi connectivity index (χ4n) is 7.48. The quantitative estimate of drug-likeness (QED) is 0.147. The molecule has 1 amide bonds. The van der Waals surface area contributed by atoms with Crippen LogP contribution in [0.25, 0.3) is 11.1 Å². The van der Waals surface area contributed by atoms with Crippen molar-refractivity contribution in [2.24, 2.45) is 5.92 Å². The number of nitrogens with zero attached hydrogens (tertiary/aromatic N) is 1. The average Bonchev–Trinajstić information content (AvgIpc) is 3.44. The maximum absolute atomic E-state index is 14.7. The van der Waals surface area contributed by atoms with Crippen LogP contribution in [0.4, 0.5) is 0 Å². The Morgan fingerprint density at radius 2 is 1.35 bits per heavy atom. The van der Waals surface area contributed by atoms with Crippen molar-refractivity contribution in [2.45, 2.75) is 51.2 Å². The molecular formula is C42H44ClNO3Si. The van der Waals surface area contributed by atoms with E-state index in [1.807, 2.05) is 66.7 Å². The summed E-state index contributed by atoms with van der Waals surface area (Å²) < 4.78 is 13.1. The molecule has 0 aliphatic carbocycles. The van der Waals surface area contributed by atoms with Gasteiger partial charge in [0, 0.05) is 16.1 Å². The molecule has 1 unspecified atom stereocenters. The molecule has 1 fully saturated rings. The second-order valence-electron chi connectivity index (χ2n) is 13.8. The number of methoxy groups -OCH3 is 1. The van der Waals surface area contributed by atoms with Crippen LogP contribution in [0.15, 0.2) is 133 Å². The molecule has 0 radical (unpaired) electrons. The Bertz CT molecular complexity index is 1800. The molecule has 5 aromatic carbocycles. The molecule has 4 nitrogen and oxygen atoms in total. The topological polar surface area (TPSA) is 38.8 Å². The Balaban J connectivity index is 1.40. The zero-order valence-electron chi connectivity index (χ0n) is 28.4. The molecule has 48 heavy (non-hydrogen) atoms. The summed E-state index contributed by atoms with van der Waals surface area (Å²) in [4.78, 5) is 16.8. The van der Waals surface area contributed by atoms with Gasteiger partial charge >= 0.3 is 0 Å². The Labute approximate surface area is 291 Å². The van der Waals surface area contributed by atoms with Gasteiger partial charge in [0.1, 0.15) is 5.75 Å². The monoisotopic (exact) mass is 673 g/mol. The minimum atomic E-state index is -2.83. The van der Waals surface area contributed by atoms with Gasteiger partial charge in [-0.15, -0.1) is 0 Å². The molecule has 1 aliphatic heterocycles. The highest BCUT2D eigenvalue weighted by Gasteiger charge is 2.52. The Morgan fingerprint density at radius 1 is 0.792 bits per heavy atom. The van der Waals surface area contributed by atoms with Gasteiger partial charge < -0.3 is 14.1 Å². The smallest absolute Gasteiger partial charge is 0.261 e. The van der Waals surface area contributed by atoms with E-state index in [4.69, 9.17) is 20.8 Å². The summed E-state index contributed by atoms with van der Waals surface area (Å²) >= 11 is 6.83. The van der Waals surface area contributed by atoms with Crippen LogP contribution < -0.4 is 15.1 Å². The third kappa shape index (κ3) is 6.35. The van der Waals surface area contributed by atoms with Crippen LogP contribution in [0, 0.1) is 5.92 Å². The molecule has 5 aromatic rings. The van der Waals surface area contributed by atoms with Crippen LogP contribution in [0.3, 0.4) is 0 Å². The highest BCUT2D eigenvalue weighted by atomic mass is 35.5. The Kier molecular flexibility index (Phi) is 9.93. The van der Waals surface area contributed by atoms with Gasteiger partial charge in [0.05, 0.1) is 25.8 Å². The van der Waals surface area contributed by atoms with Crippen molar-refractivity contribution in [2.75, 3.05) is 13.7 Å². The van der Waals surface area contributed by atoms with Gasteiger partial charge in [-0.05, 0) is 63.1 Å². The third-order valence-electron chi connectivity index (χ3n) is 9.88. The molecule has 1 heterocycles. The van der Waals surface area contributed by atoms with Crippen molar-refractivity contribution in [1.82, 2.24) is 4.90 Å². The van der Waals surface area contributed by atoms with E-state index in [-0.39, 0.29) is 28.9 Å². The summed E-state index contributed by atoms with van der Waals surface area (Å²) in [6.07, 6.45) is 0.795. The lowest BCUT2D eigenvalue weighted by atomic mass is 9.98. The first-order valence-corrected chi connectivity index (χ1v) is 19.0. The number of halogens is 1. The van der Waals surface area contributed by atoms with Crippen molar-refractivity contribution in [1.29, 1.82) is 0 Å². The molecule has 0 aromatic heterocycles. The number of hydrogen-bond donors (Lipinski definition) is 0. The van der Waals surface area contributed by atoms with Crippen molar-refractivity contribution < 1.29 is 14.0 Å². The van der Waals surface area contributed by atoms with E-state index in [0.717, 1.165) is 28.9 Å². The SMILES string of the molecule is COc1ccccc1-c1ccc(C(=O)N2C(c3ccccc3Cl)C[C@H](C)[C@H]2CO[Si](c2ccccc2)(c2ccccc2)C(C)(C)C)cc1. The predicted molar refractivity (Wildman–Crippen MR) is 200 cm³/mol. The van der Waals surface area contributed by atoms with Crippen LogP contribution in [0.1, 0.15) is 56.1 Å². The molecule has 0 bridgehead atoms. The van der Waals surface area contributed by atoms with Crippen molar-refractivity contribution in [3.8, 4) is 16.9 Å². The molecule has 0 N–H and O–H groups in total. The standard InChI is InChI=1S/C42H44ClNO3Si/c1-30-28-38(36-21-12-14-22-37(36)43)44(41(45)32-26-24-31(25-27-32)35-20-13-15-23-40(35)46-5)39(30)29-47-48(42(2,3)4,33-16-8-6-9-17-33)34-18-10-7-11-19-34/h6-27,30,38-39H,28-29H2,1-5H3/t30-,38?,39+/m0/s1. The van der Waals surface area contributed by atoms with Crippen molar-refractivity contribution in [3.05, 3.63) is 150 Å². The normalized spacial score (nSPS) is 18.1. The van der Waals surface area contributed by atoms with E-state index in [0.29, 0.717) is 17.2 Å². The zero-order valence-corrected chi connectivity index (χ0v) is 30.2. The molecule has 6 rings (SSSR count). The van der Waals surface area contributed by atoms with E-state index < -0.39 is 8.32 Å². The van der Waals surface area contributed by atoms with Gasteiger partial charge in [0.2, 0.25) is 0 Å². The fraction of sp³-hybridized carbons (Fsp3) is 0.262. The summed E-state index contributed by atoms with van der Waals surface area (Å²) in [6.45, 7) is 9.52. The van der Waals surface area contributed by atoms with Crippen LogP contribution in [0.2, 0.25) is 10.1 Å². The highest BCUT2D eigenvalue weighted by molar-refractivity contribution is 6.99. The Morgan fingerprint density at radius 3 is 1.94 bits per heavy atom. The van der Waals surface area contributed by atoms with Crippen LogP contribution in [-0.2, 0) is 4.43 Å². The average molecular weight is 674 g/mol. The minimum Gasteiger partial charge on any atom is -0.496 e. The first kappa shape index (κ1) is 33.7. The van der Waals surface area contributed by atoms with Gasteiger partial charge in [-0.2, -0.15) is 0 Å². The maximum Gasteiger partial charge on any atom is 0.261 e. The minimum absolute atomic E-state index is 0.0214. The molecular weight excluding hydrogens is 630 g/mol. The van der Waals surface area contributed by atoms with Crippen molar-refractivity contribution >= 4 is 36.2 Å². The van der Waals surface area contributed by atoms with Gasteiger partial charge in [-0.1, -0.05) is 148 Å². The lowest BCUT2D eigenvalue weighted by molar-refractivity contribution is 0.0580. The number of hydrogen-bond acceptors (Lipinski definition) is 3. The first-order valence-electron chi connectivity index (χ1n) is 16.7. The predicted octanol–water partition coefficient (Wildman–Crippen LogP) is 9.18. The molecule has 246 valence electrons. The molecule has 0 spiro atoms. The number of likely N-dealkylation sites (tertiary alicyclic amines) is 1. The molecule has 0 saturated carbocycles. The second kappa shape index (κ2) is 14.1. The fourth-order valence-corrected chi connectivity index (χ4v) is 12.3. The summed E-state index contributed by atoms with van der Waals surface area (Å²) in [5.74, 6) is 0.956. The van der Waals surface area contributed by atoms with Gasteiger partial charge in [-0.25, -0.2) is 0 Å². The number of carbonyl (C=O) groups is 1. The summed E-state index contributed by atoms with van der Waals surface area (Å²) in [5, 5.41) is 2.94. The lowest BCUT2D eigenvalue weighted by Gasteiger charge is -2.44. The second-order valence-corrected chi connectivity index (χ2v) is 18.5. The van der Waals surface area contributed by atoms with Crippen LogP contribution in [-0.4, -0.2) is 38.9 Å². The number of carbonyl (C=O) groups excluding carboxylic acids is 1.